The Hall–Kier alpha value is -4.41. The number of amides is 1. The van der Waals surface area contributed by atoms with E-state index in [9.17, 15) is 14.7 Å². The van der Waals surface area contributed by atoms with Crippen molar-refractivity contribution < 1.29 is 19.4 Å². The first kappa shape index (κ1) is 24.7. The third-order valence-corrected chi connectivity index (χ3v) is 5.83. The Morgan fingerprint density at radius 1 is 1.08 bits per heavy atom. The van der Waals surface area contributed by atoms with E-state index in [0.717, 1.165) is 5.56 Å². The minimum atomic E-state index is -1.20. The summed E-state index contributed by atoms with van der Waals surface area (Å²) in [5, 5.41) is 12.7. The molecule has 1 heterocycles. The number of carboxylic acids is 1. The Kier molecular flexibility index (Phi) is 7.18. The number of hydrogen-bond acceptors (Lipinski definition) is 5. The summed E-state index contributed by atoms with van der Waals surface area (Å²) in [4.78, 5) is 33.5. The highest BCUT2D eigenvalue weighted by Gasteiger charge is 2.18. The normalized spacial score (nSPS) is 10.8. The number of halogens is 1. The fourth-order valence-corrected chi connectivity index (χ4v) is 3.82. The highest BCUT2D eigenvalue weighted by molar-refractivity contribution is 6.33. The van der Waals surface area contributed by atoms with E-state index in [1.165, 1.54) is 23.8 Å². The van der Waals surface area contributed by atoms with E-state index in [1.54, 1.807) is 18.2 Å². The van der Waals surface area contributed by atoms with Crippen LogP contribution >= 0.6 is 11.6 Å². The van der Waals surface area contributed by atoms with Crippen LogP contribution in [0.3, 0.4) is 0 Å². The highest BCUT2D eigenvalue weighted by atomic mass is 35.5. The number of benzene rings is 3. The largest absolute Gasteiger partial charge is 0.481 e. The van der Waals surface area contributed by atoms with E-state index >= 15 is 0 Å². The van der Waals surface area contributed by atoms with Crippen molar-refractivity contribution in [1.82, 2.24) is 9.97 Å². The third-order valence-electron chi connectivity index (χ3n) is 5.50. The predicted molar refractivity (Wildman–Crippen MR) is 140 cm³/mol. The summed E-state index contributed by atoms with van der Waals surface area (Å²) in [6.07, 6.45) is 5.31. The Balaban J connectivity index is 1.78. The summed E-state index contributed by atoms with van der Waals surface area (Å²) in [5.74, 6) is 1.49. The van der Waals surface area contributed by atoms with Gasteiger partial charge in [-0.15, -0.1) is 6.42 Å². The van der Waals surface area contributed by atoms with Crippen molar-refractivity contribution in [1.29, 1.82) is 0 Å². The maximum Gasteiger partial charge on any atom is 0.337 e. The molecule has 0 bridgehead atoms. The van der Waals surface area contributed by atoms with Gasteiger partial charge in [0.25, 0.3) is 5.91 Å². The molecule has 3 aromatic carbocycles. The fraction of sp³-hybridized carbons (Fsp3) is 0.143. The summed E-state index contributed by atoms with van der Waals surface area (Å²) < 4.78 is 5.57. The van der Waals surface area contributed by atoms with Gasteiger partial charge in [-0.1, -0.05) is 55.6 Å². The summed E-state index contributed by atoms with van der Waals surface area (Å²) in [6, 6.07) is 17.4. The van der Waals surface area contributed by atoms with Gasteiger partial charge >= 0.3 is 5.97 Å². The van der Waals surface area contributed by atoms with Gasteiger partial charge in [-0.05, 0) is 47.9 Å². The maximum atomic E-state index is 13.1. The summed E-state index contributed by atoms with van der Waals surface area (Å²) in [7, 11) is 0. The van der Waals surface area contributed by atoms with Gasteiger partial charge < -0.3 is 15.2 Å². The molecular formula is C28H22ClN3O4. The topological polar surface area (TPSA) is 101 Å². The Labute approximate surface area is 213 Å². The van der Waals surface area contributed by atoms with Crippen LogP contribution in [0.25, 0.3) is 22.2 Å². The van der Waals surface area contributed by atoms with Crippen LogP contribution in [0.4, 0.5) is 5.69 Å². The van der Waals surface area contributed by atoms with Gasteiger partial charge in [0.05, 0.1) is 21.8 Å². The number of carbonyl (C=O) groups is 2. The van der Waals surface area contributed by atoms with Crippen LogP contribution in [0.2, 0.25) is 5.02 Å². The van der Waals surface area contributed by atoms with E-state index in [4.69, 9.17) is 22.8 Å². The van der Waals surface area contributed by atoms with Crippen LogP contribution in [0.15, 0.2) is 60.7 Å². The molecule has 7 nitrogen and oxygen atoms in total. The van der Waals surface area contributed by atoms with E-state index < -0.39 is 11.9 Å². The number of ether oxygens (including phenoxy) is 1. The van der Waals surface area contributed by atoms with Crippen molar-refractivity contribution in [3.05, 3.63) is 82.6 Å². The number of nitrogens with one attached hydrogen (secondary N) is 1. The number of terminal acetylenes is 1. The Bertz CT molecular complexity index is 1510. The van der Waals surface area contributed by atoms with E-state index in [0.29, 0.717) is 28.3 Å². The second-order valence-corrected chi connectivity index (χ2v) is 8.71. The van der Waals surface area contributed by atoms with Crippen molar-refractivity contribution in [2.45, 2.75) is 19.8 Å². The van der Waals surface area contributed by atoms with E-state index in [2.05, 4.69) is 35.1 Å². The smallest absolute Gasteiger partial charge is 0.337 e. The zero-order valence-corrected chi connectivity index (χ0v) is 20.3. The van der Waals surface area contributed by atoms with Crippen LogP contribution in [0.1, 0.15) is 46.3 Å². The lowest BCUT2D eigenvalue weighted by atomic mass is 9.99. The van der Waals surface area contributed by atoms with Crippen molar-refractivity contribution in [3.8, 4) is 29.4 Å². The maximum absolute atomic E-state index is 13.1. The Morgan fingerprint density at radius 3 is 2.50 bits per heavy atom. The lowest BCUT2D eigenvalue weighted by Gasteiger charge is -2.12. The average molecular weight is 500 g/mol. The molecule has 0 aliphatic rings. The van der Waals surface area contributed by atoms with Crippen molar-refractivity contribution >= 4 is 40.1 Å². The van der Waals surface area contributed by atoms with E-state index in [1.807, 2.05) is 24.3 Å². The average Bonchev–Trinajstić information content (AvgIpc) is 2.87. The molecule has 0 fully saturated rings. The van der Waals surface area contributed by atoms with Gasteiger partial charge in [0.15, 0.2) is 0 Å². The minimum absolute atomic E-state index is 0.0671. The third kappa shape index (κ3) is 5.29. The molecule has 1 amide bonds. The van der Waals surface area contributed by atoms with Gasteiger partial charge in [-0.2, -0.15) is 0 Å². The first-order valence-corrected chi connectivity index (χ1v) is 11.5. The fourth-order valence-electron chi connectivity index (χ4n) is 3.62. The van der Waals surface area contributed by atoms with Gasteiger partial charge in [0, 0.05) is 16.6 Å². The van der Waals surface area contributed by atoms with Crippen molar-refractivity contribution in [2.75, 3.05) is 11.9 Å². The first-order valence-electron chi connectivity index (χ1n) is 11.1. The second kappa shape index (κ2) is 10.5. The number of hydrogen-bond donors (Lipinski definition) is 2. The molecule has 0 aliphatic heterocycles. The number of anilines is 1. The van der Waals surface area contributed by atoms with Crippen LogP contribution in [-0.2, 0) is 0 Å². The number of aromatic carboxylic acids is 1. The first-order chi connectivity index (χ1) is 17.3. The molecule has 8 heteroatoms. The molecule has 36 heavy (non-hydrogen) atoms. The van der Waals surface area contributed by atoms with Crippen molar-refractivity contribution in [2.24, 2.45) is 0 Å². The zero-order valence-electron chi connectivity index (χ0n) is 19.6. The van der Waals surface area contributed by atoms with Gasteiger partial charge in [0.2, 0.25) is 5.82 Å². The summed E-state index contributed by atoms with van der Waals surface area (Å²) >= 11 is 5.93. The molecule has 2 N–H and O–H groups in total. The number of nitrogens with zero attached hydrogens (tertiary/aromatic N) is 2. The molecule has 0 atom stereocenters. The van der Waals surface area contributed by atoms with Gasteiger partial charge in [-0.3, -0.25) is 4.79 Å². The number of aromatic nitrogens is 2. The number of rotatable bonds is 7. The highest BCUT2D eigenvalue weighted by Crippen LogP contribution is 2.31. The monoisotopic (exact) mass is 499 g/mol. The standard InChI is InChI=1S/C28H22ClN3O4/c1-4-13-36-20-10-12-24-22(15-20)25(18-7-5-17(6-8-18)16(2)3)32-26(31-24)27(33)30-19-9-11-23(29)21(14-19)28(34)35/h1,5-12,14-16H,13H2,2-3H3,(H,30,33)(H,34,35). The van der Waals surface area contributed by atoms with Crippen LogP contribution in [0, 0.1) is 12.3 Å². The van der Waals surface area contributed by atoms with Crippen LogP contribution < -0.4 is 10.1 Å². The van der Waals surface area contributed by atoms with Crippen molar-refractivity contribution in [3.63, 3.8) is 0 Å². The summed E-state index contributed by atoms with van der Waals surface area (Å²) in [6.45, 7) is 4.34. The van der Waals surface area contributed by atoms with Crippen LogP contribution in [-0.4, -0.2) is 33.6 Å². The van der Waals surface area contributed by atoms with Crippen LogP contribution in [0.5, 0.6) is 5.75 Å². The number of carbonyl (C=O) groups excluding carboxylic acids is 1. The molecule has 180 valence electrons. The molecule has 0 saturated heterocycles. The van der Waals surface area contributed by atoms with Gasteiger partial charge in [-0.25, -0.2) is 14.8 Å². The molecule has 0 aliphatic carbocycles. The molecule has 0 saturated carbocycles. The minimum Gasteiger partial charge on any atom is -0.481 e. The molecule has 4 rings (SSSR count). The van der Waals surface area contributed by atoms with E-state index in [-0.39, 0.29) is 28.7 Å². The molecular weight excluding hydrogens is 478 g/mol. The molecule has 0 radical (unpaired) electrons. The number of fused-ring (bicyclic) bond motifs is 1. The molecule has 0 unspecified atom stereocenters. The van der Waals surface area contributed by atoms with Gasteiger partial charge in [0.1, 0.15) is 12.4 Å². The SMILES string of the molecule is C#CCOc1ccc2nc(C(=O)Nc3ccc(Cl)c(C(=O)O)c3)nc(-c3ccc(C(C)C)cc3)c2c1. The zero-order chi connectivity index (χ0) is 25.8. The lowest BCUT2D eigenvalue weighted by molar-refractivity contribution is 0.0696. The molecule has 1 aromatic heterocycles. The summed E-state index contributed by atoms with van der Waals surface area (Å²) in [5.41, 5.74) is 3.19. The predicted octanol–water partition coefficient (Wildman–Crippen LogP) is 6.04. The molecule has 4 aromatic rings. The number of carboxylic acid groups (broad SMARTS) is 1. The second-order valence-electron chi connectivity index (χ2n) is 8.30. The molecule has 0 spiro atoms. The Morgan fingerprint density at radius 2 is 1.83 bits per heavy atom. The lowest BCUT2D eigenvalue weighted by Crippen LogP contribution is -2.16. The quantitative estimate of drug-likeness (QED) is 0.301.